The fourth-order valence-electron chi connectivity index (χ4n) is 2.92. The summed E-state index contributed by atoms with van der Waals surface area (Å²) in [6, 6.07) is 9.58. The van der Waals surface area contributed by atoms with E-state index in [1.807, 2.05) is 0 Å². The van der Waals surface area contributed by atoms with Gasteiger partial charge in [-0.05, 0) is 36.8 Å². The largest absolute Gasteiger partial charge is 0.496 e. The number of carbonyl (C=O) groups excluding carboxylic acids is 1. The number of carbonyl (C=O) groups is 1. The van der Waals surface area contributed by atoms with Gasteiger partial charge in [0.2, 0.25) is 10.0 Å². The molecule has 0 bridgehead atoms. The second kappa shape index (κ2) is 7.66. The van der Waals surface area contributed by atoms with Crippen molar-refractivity contribution >= 4 is 38.9 Å². The van der Waals surface area contributed by atoms with E-state index in [4.69, 9.17) is 21.1 Å². The van der Waals surface area contributed by atoms with E-state index in [2.05, 4.69) is 5.32 Å². The van der Waals surface area contributed by atoms with Crippen molar-refractivity contribution in [3.05, 3.63) is 47.0 Å². The molecule has 3 rings (SSSR count). The predicted octanol–water partition coefficient (Wildman–Crippen LogP) is 3.15. The smallest absolute Gasteiger partial charge is 0.259 e. The first-order valence-corrected chi connectivity index (χ1v) is 10.2. The van der Waals surface area contributed by atoms with E-state index in [1.54, 1.807) is 30.3 Å². The van der Waals surface area contributed by atoms with Crippen LogP contribution in [0.15, 0.2) is 36.4 Å². The Hall–Kier alpha value is -2.45. The quantitative estimate of drug-likeness (QED) is 0.818. The molecule has 0 unspecified atom stereocenters. The Labute approximate surface area is 162 Å². The molecule has 1 aliphatic rings. The number of nitrogens with one attached hydrogen (secondary N) is 1. The van der Waals surface area contributed by atoms with Gasteiger partial charge in [-0.25, -0.2) is 8.42 Å². The summed E-state index contributed by atoms with van der Waals surface area (Å²) in [5.74, 6) is 0.441. The SMILES string of the molecule is COc1cc(N2CCCS2(=O)=O)ccc1NC(=O)c1cc(Cl)ccc1OC. The number of hydrogen-bond donors (Lipinski definition) is 1. The van der Waals surface area contributed by atoms with Crippen molar-refractivity contribution in [2.75, 3.05) is 36.1 Å². The molecule has 0 saturated carbocycles. The molecule has 0 atom stereocenters. The molecular weight excluding hydrogens is 392 g/mol. The summed E-state index contributed by atoms with van der Waals surface area (Å²) in [5, 5.41) is 3.15. The highest BCUT2D eigenvalue weighted by atomic mass is 35.5. The van der Waals surface area contributed by atoms with Gasteiger partial charge in [0, 0.05) is 17.6 Å². The Morgan fingerprint density at radius 3 is 2.48 bits per heavy atom. The third-order valence-electron chi connectivity index (χ3n) is 4.23. The van der Waals surface area contributed by atoms with Crippen molar-refractivity contribution in [1.29, 1.82) is 0 Å². The molecule has 1 saturated heterocycles. The van der Waals surface area contributed by atoms with Crippen LogP contribution in [0.4, 0.5) is 11.4 Å². The number of benzene rings is 2. The van der Waals surface area contributed by atoms with Crippen LogP contribution >= 0.6 is 11.6 Å². The standard InChI is InChI=1S/C18H19ClN2O5S/c1-25-16-7-4-12(19)10-14(16)18(22)20-15-6-5-13(11-17(15)26-2)21-8-3-9-27(21,23)24/h4-7,10-11H,3,8-9H2,1-2H3,(H,20,22). The van der Waals surface area contributed by atoms with Gasteiger partial charge in [-0.1, -0.05) is 11.6 Å². The molecule has 144 valence electrons. The minimum atomic E-state index is -3.30. The highest BCUT2D eigenvalue weighted by molar-refractivity contribution is 7.93. The Morgan fingerprint density at radius 1 is 1.11 bits per heavy atom. The van der Waals surface area contributed by atoms with Crippen LogP contribution in [0.1, 0.15) is 16.8 Å². The molecule has 1 fully saturated rings. The Morgan fingerprint density at radius 2 is 1.85 bits per heavy atom. The van der Waals surface area contributed by atoms with Crippen LogP contribution in [0.3, 0.4) is 0 Å². The van der Waals surface area contributed by atoms with Crippen molar-refractivity contribution in [2.24, 2.45) is 0 Å². The summed E-state index contributed by atoms with van der Waals surface area (Å²) >= 11 is 5.98. The molecule has 1 N–H and O–H groups in total. The maximum absolute atomic E-state index is 12.6. The summed E-state index contributed by atoms with van der Waals surface area (Å²) in [5.41, 5.74) is 1.19. The molecular formula is C18H19ClN2O5S. The fourth-order valence-corrected chi connectivity index (χ4v) is 4.64. The molecule has 2 aromatic rings. The van der Waals surface area contributed by atoms with Crippen molar-refractivity contribution < 1.29 is 22.7 Å². The molecule has 0 radical (unpaired) electrons. The highest BCUT2D eigenvalue weighted by Gasteiger charge is 2.29. The van der Waals surface area contributed by atoms with Gasteiger partial charge in [0.05, 0.1) is 36.9 Å². The lowest BCUT2D eigenvalue weighted by Crippen LogP contribution is -2.25. The number of anilines is 2. The fraction of sp³-hybridized carbons (Fsp3) is 0.278. The zero-order valence-electron chi connectivity index (χ0n) is 14.9. The topological polar surface area (TPSA) is 84.9 Å². The molecule has 1 heterocycles. The summed E-state index contributed by atoms with van der Waals surface area (Å²) < 4.78 is 36.1. The van der Waals surface area contributed by atoms with Crippen LogP contribution in [0, 0.1) is 0 Å². The molecule has 7 nitrogen and oxygen atoms in total. The van der Waals surface area contributed by atoms with Crippen LogP contribution < -0.4 is 19.1 Å². The van der Waals surface area contributed by atoms with E-state index in [0.29, 0.717) is 40.9 Å². The highest BCUT2D eigenvalue weighted by Crippen LogP contribution is 2.33. The van der Waals surface area contributed by atoms with Crippen LogP contribution in [-0.4, -0.2) is 40.8 Å². The second-order valence-electron chi connectivity index (χ2n) is 5.93. The van der Waals surface area contributed by atoms with Crippen molar-refractivity contribution in [1.82, 2.24) is 0 Å². The van der Waals surface area contributed by atoms with E-state index < -0.39 is 15.9 Å². The third kappa shape index (κ3) is 3.96. The summed E-state index contributed by atoms with van der Waals surface area (Å²) in [4.78, 5) is 12.6. The Kier molecular flexibility index (Phi) is 5.48. The van der Waals surface area contributed by atoms with Crippen molar-refractivity contribution in [3.8, 4) is 11.5 Å². The zero-order valence-corrected chi connectivity index (χ0v) is 16.4. The van der Waals surface area contributed by atoms with Gasteiger partial charge in [0.1, 0.15) is 11.5 Å². The van der Waals surface area contributed by atoms with Crippen molar-refractivity contribution in [2.45, 2.75) is 6.42 Å². The number of amides is 1. The summed E-state index contributed by atoms with van der Waals surface area (Å²) in [6.45, 7) is 0.427. The monoisotopic (exact) mass is 410 g/mol. The van der Waals surface area contributed by atoms with E-state index in [-0.39, 0.29) is 11.3 Å². The van der Waals surface area contributed by atoms with Gasteiger partial charge >= 0.3 is 0 Å². The summed E-state index contributed by atoms with van der Waals surface area (Å²) in [7, 11) is -0.383. The Balaban J connectivity index is 1.89. The van der Waals surface area contributed by atoms with E-state index in [0.717, 1.165) is 0 Å². The van der Waals surface area contributed by atoms with Crippen LogP contribution in [0.5, 0.6) is 11.5 Å². The van der Waals surface area contributed by atoms with Gasteiger partial charge in [0.15, 0.2) is 0 Å². The van der Waals surface area contributed by atoms with Gasteiger partial charge in [-0.15, -0.1) is 0 Å². The predicted molar refractivity (Wildman–Crippen MR) is 105 cm³/mol. The number of methoxy groups -OCH3 is 2. The number of hydrogen-bond acceptors (Lipinski definition) is 5. The lowest BCUT2D eigenvalue weighted by Gasteiger charge is -2.19. The zero-order chi connectivity index (χ0) is 19.6. The first-order chi connectivity index (χ1) is 12.9. The molecule has 1 amide bonds. The molecule has 2 aromatic carbocycles. The lowest BCUT2D eigenvalue weighted by atomic mass is 10.1. The number of halogens is 1. The van der Waals surface area contributed by atoms with Crippen molar-refractivity contribution in [3.63, 3.8) is 0 Å². The number of sulfonamides is 1. The van der Waals surface area contributed by atoms with Crippen LogP contribution in [0.2, 0.25) is 5.02 Å². The second-order valence-corrected chi connectivity index (χ2v) is 8.37. The maximum Gasteiger partial charge on any atom is 0.259 e. The number of rotatable bonds is 5. The lowest BCUT2D eigenvalue weighted by molar-refractivity contribution is 0.102. The summed E-state index contributed by atoms with van der Waals surface area (Å²) in [6.07, 6.45) is 0.581. The Bertz CT molecular complexity index is 978. The first kappa shape index (κ1) is 19.3. The first-order valence-electron chi connectivity index (χ1n) is 8.19. The van der Waals surface area contributed by atoms with Gasteiger partial charge in [-0.3, -0.25) is 9.10 Å². The maximum atomic E-state index is 12.6. The van der Waals surface area contributed by atoms with Gasteiger partial charge < -0.3 is 14.8 Å². The average Bonchev–Trinajstić information content (AvgIpc) is 3.01. The van der Waals surface area contributed by atoms with Gasteiger partial charge in [-0.2, -0.15) is 0 Å². The van der Waals surface area contributed by atoms with E-state index >= 15 is 0 Å². The number of nitrogens with zero attached hydrogens (tertiary/aromatic N) is 1. The average molecular weight is 411 g/mol. The molecule has 0 aliphatic carbocycles. The minimum Gasteiger partial charge on any atom is -0.496 e. The third-order valence-corrected chi connectivity index (χ3v) is 6.33. The van der Waals surface area contributed by atoms with E-state index in [9.17, 15) is 13.2 Å². The van der Waals surface area contributed by atoms with Crippen LogP contribution in [-0.2, 0) is 10.0 Å². The molecule has 27 heavy (non-hydrogen) atoms. The van der Waals surface area contributed by atoms with Crippen LogP contribution in [0.25, 0.3) is 0 Å². The molecule has 0 spiro atoms. The minimum absolute atomic E-state index is 0.127. The van der Waals surface area contributed by atoms with Gasteiger partial charge in [0.25, 0.3) is 5.91 Å². The van der Waals surface area contributed by atoms with E-state index in [1.165, 1.54) is 24.6 Å². The number of ether oxygens (including phenoxy) is 2. The normalized spacial score (nSPS) is 15.4. The molecule has 1 aliphatic heterocycles. The molecule has 0 aromatic heterocycles. The molecule has 9 heteroatoms.